The Kier molecular flexibility index (Phi) is 5.74. The Bertz CT molecular complexity index is 969. The summed E-state index contributed by atoms with van der Waals surface area (Å²) in [5, 5.41) is 1.27. The monoisotopic (exact) mass is 391 g/mol. The Hall–Kier alpha value is -2.95. The minimum atomic E-state index is 0.256. The predicted octanol–water partition coefficient (Wildman–Crippen LogP) is 3.95. The summed E-state index contributed by atoms with van der Waals surface area (Å²) in [5.74, 6) is 1.12. The Morgan fingerprint density at radius 1 is 1.00 bits per heavy atom. The Labute approximate surface area is 172 Å². The smallest absolute Gasteiger partial charge is 0.223 e. The third kappa shape index (κ3) is 4.09. The van der Waals surface area contributed by atoms with Crippen molar-refractivity contribution in [2.24, 2.45) is 0 Å². The molecule has 0 N–H and O–H groups in total. The number of hydrogen-bond acceptors (Lipinski definition) is 3. The highest BCUT2D eigenvalue weighted by atomic mass is 16.5. The van der Waals surface area contributed by atoms with Crippen LogP contribution in [0.15, 0.2) is 54.7 Å². The van der Waals surface area contributed by atoms with Gasteiger partial charge in [-0.05, 0) is 55.3 Å². The summed E-state index contributed by atoms with van der Waals surface area (Å²) in [7, 11) is 1.68. The van der Waals surface area contributed by atoms with E-state index in [1.54, 1.807) is 7.11 Å². The van der Waals surface area contributed by atoms with Gasteiger partial charge in [-0.1, -0.05) is 12.1 Å². The maximum absolute atomic E-state index is 12.8. The fraction of sp³-hybridized carbons (Fsp3) is 0.375. The summed E-state index contributed by atoms with van der Waals surface area (Å²) in [6, 6.07) is 16.7. The molecular weight excluding hydrogens is 362 g/mol. The zero-order valence-electron chi connectivity index (χ0n) is 17.3. The van der Waals surface area contributed by atoms with Crippen LogP contribution in [0, 0.1) is 0 Å². The predicted molar refractivity (Wildman–Crippen MR) is 118 cm³/mol. The maximum Gasteiger partial charge on any atom is 0.223 e. The number of anilines is 1. The average molecular weight is 392 g/mol. The van der Waals surface area contributed by atoms with Crippen molar-refractivity contribution in [3.8, 4) is 5.75 Å². The normalized spacial score (nSPS) is 14.4. The molecule has 0 radical (unpaired) electrons. The number of amides is 1. The van der Waals surface area contributed by atoms with Crippen LogP contribution in [0.4, 0.5) is 5.69 Å². The first-order valence-corrected chi connectivity index (χ1v) is 10.4. The molecule has 1 saturated heterocycles. The van der Waals surface area contributed by atoms with Gasteiger partial charge >= 0.3 is 0 Å². The van der Waals surface area contributed by atoms with Gasteiger partial charge in [-0.15, -0.1) is 0 Å². The van der Waals surface area contributed by atoms with Crippen LogP contribution in [0.5, 0.6) is 5.75 Å². The van der Waals surface area contributed by atoms with Gasteiger partial charge in [0.1, 0.15) is 5.75 Å². The zero-order valence-corrected chi connectivity index (χ0v) is 17.3. The maximum atomic E-state index is 12.8. The summed E-state index contributed by atoms with van der Waals surface area (Å²) < 4.78 is 7.48. The van der Waals surface area contributed by atoms with Crippen molar-refractivity contribution in [3.63, 3.8) is 0 Å². The van der Waals surface area contributed by atoms with Crippen LogP contribution in [-0.4, -0.2) is 48.7 Å². The Morgan fingerprint density at radius 2 is 1.76 bits per heavy atom. The number of nitrogens with zero attached hydrogens (tertiary/aromatic N) is 3. The van der Waals surface area contributed by atoms with Crippen molar-refractivity contribution in [3.05, 3.63) is 60.3 Å². The van der Waals surface area contributed by atoms with Crippen LogP contribution in [0.25, 0.3) is 10.9 Å². The van der Waals surface area contributed by atoms with Crippen molar-refractivity contribution in [1.82, 2.24) is 9.47 Å². The first-order chi connectivity index (χ1) is 14.2. The third-order valence-corrected chi connectivity index (χ3v) is 5.92. The lowest BCUT2D eigenvalue weighted by molar-refractivity contribution is -0.131. The standard InChI is InChI=1S/C24H29N3O2/c1-3-25-14-13-22-19(5-4-6-23(22)25)7-12-24(28)27-17-15-26(16-18-27)20-8-10-21(29-2)11-9-20/h4-6,8-11,13-14H,3,7,12,15-18H2,1-2H3. The van der Waals surface area contributed by atoms with Gasteiger partial charge in [0, 0.05) is 61.9 Å². The molecule has 1 aliphatic rings. The molecule has 1 amide bonds. The number of benzene rings is 2. The van der Waals surface area contributed by atoms with E-state index in [0.717, 1.165) is 44.9 Å². The third-order valence-electron chi connectivity index (χ3n) is 5.92. The molecule has 3 aromatic rings. The highest BCUT2D eigenvalue weighted by Gasteiger charge is 2.21. The molecule has 5 nitrogen and oxygen atoms in total. The highest BCUT2D eigenvalue weighted by Crippen LogP contribution is 2.23. The number of methoxy groups -OCH3 is 1. The molecule has 0 saturated carbocycles. The van der Waals surface area contributed by atoms with Gasteiger partial charge in [-0.25, -0.2) is 0 Å². The molecule has 1 aliphatic heterocycles. The highest BCUT2D eigenvalue weighted by molar-refractivity contribution is 5.84. The molecule has 2 heterocycles. The van der Waals surface area contributed by atoms with E-state index in [0.29, 0.717) is 6.42 Å². The molecule has 0 atom stereocenters. The largest absolute Gasteiger partial charge is 0.497 e. The van der Waals surface area contributed by atoms with Crippen LogP contribution in [0.2, 0.25) is 0 Å². The average Bonchev–Trinajstić information content (AvgIpc) is 3.21. The van der Waals surface area contributed by atoms with Crippen molar-refractivity contribution in [2.75, 3.05) is 38.2 Å². The topological polar surface area (TPSA) is 37.7 Å². The summed E-state index contributed by atoms with van der Waals surface area (Å²) in [6.07, 6.45) is 3.50. The number of fused-ring (bicyclic) bond motifs is 1. The quantitative estimate of drug-likeness (QED) is 0.639. The van der Waals surface area contributed by atoms with Crippen LogP contribution in [0.1, 0.15) is 18.9 Å². The molecule has 5 heteroatoms. The van der Waals surface area contributed by atoms with Crippen LogP contribution >= 0.6 is 0 Å². The number of carbonyl (C=O) groups is 1. The number of aryl methyl sites for hydroxylation is 2. The second kappa shape index (κ2) is 8.60. The summed E-state index contributed by atoms with van der Waals surface area (Å²) in [5.41, 5.74) is 3.70. The van der Waals surface area contributed by atoms with E-state index in [4.69, 9.17) is 4.74 Å². The zero-order chi connectivity index (χ0) is 20.2. The van der Waals surface area contributed by atoms with E-state index in [1.165, 1.54) is 22.2 Å². The lowest BCUT2D eigenvalue weighted by Crippen LogP contribution is -2.48. The van der Waals surface area contributed by atoms with E-state index >= 15 is 0 Å². The molecule has 1 fully saturated rings. The molecule has 29 heavy (non-hydrogen) atoms. The van der Waals surface area contributed by atoms with Crippen LogP contribution in [0.3, 0.4) is 0 Å². The van der Waals surface area contributed by atoms with Gasteiger partial charge in [0.05, 0.1) is 7.11 Å². The van der Waals surface area contributed by atoms with Crippen molar-refractivity contribution < 1.29 is 9.53 Å². The van der Waals surface area contributed by atoms with Gasteiger partial charge in [-0.3, -0.25) is 4.79 Å². The van der Waals surface area contributed by atoms with E-state index in [2.05, 4.69) is 59.0 Å². The summed E-state index contributed by atoms with van der Waals surface area (Å²) >= 11 is 0. The number of aromatic nitrogens is 1. The van der Waals surface area contributed by atoms with E-state index < -0.39 is 0 Å². The first kappa shape index (κ1) is 19.4. The second-order valence-electron chi connectivity index (χ2n) is 7.52. The second-order valence-corrected chi connectivity index (χ2v) is 7.52. The number of piperazine rings is 1. The van der Waals surface area contributed by atoms with Crippen molar-refractivity contribution in [1.29, 1.82) is 0 Å². The minimum absolute atomic E-state index is 0.256. The van der Waals surface area contributed by atoms with E-state index in [1.807, 2.05) is 17.0 Å². The SMILES string of the molecule is CCn1ccc2c(CCC(=O)N3CCN(c4ccc(OC)cc4)CC3)cccc21. The molecular formula is C24H29N3O2. The van der Waals surface area contributed by atoms with E-state index in [9.17, 15) is 4.79 Å². The van der Waals surface area contributed by atoms with Crippen molar-refractivity contribution in [2.45, 2.75) is 26.3 Å². The minimum Gasteiger partial charge on any atom is -0.497 e. The van der Waals surface area contributed by atoms with Gasteiger partial charge in [0.25, 0.3) is 0 Å². The molecule has 1 aromatic heterocycles. The molecule has 152 valence electrons. The van der Waals surface area contributed by atoms with Crippen LogP contribution < -0.4 is 9.64 Å². The van der Waals surface area contributed by atoms with Gasteiger partial charge in [-0.2, -0.15) is 0 Å². The Morgan fingerprint density at radius 3 is 2.45 bits per heavy atom. The van der Waals surface area contributed by atoms with Crippen LogP contribution in [-0.2, 0) is 17.8 Å². The Balaban J connectivity index is 1.33. The van der Waals surface area contributed by atoms with Gasteiger partial charge < -0.3 is 19.1 Å². The number of carbonyl (C=O) groups excluding carboxylic acids is 1. The molecule has 0 bridgehead atoms. The molecule has 4 rings (SSSR count). The van der Waals surface area contributed by atoms with E-state index in [-0.39, 0.29) is 5.91 Å². The molecule has 0 aliphatic carbocycles. The molecule has 0 unspecified atom stereocenters. The van der Waals surface area contributed by atoms with Gasteiger partial charge in [0.15, 0.2) is 0 Å². The van der Waals surface area contributed by atoms with Crippen molar-refractivity contribution >= 4 is 22.5 Å². The molecule has 2 aromatic carbocycles. The summed E-state index contributed by atoms with van der Waals surface area (Å²) in [4.78, 5) is 17.1. The fourth-order valence-electron chi connectivity index (χ4n) is 4.19. The lowest BCUT2D eigenvalue weighted by atomic mass is 10.0. The number of hydrogen-bond donors (Lipinski definition) is 0. The fourth-order valence-corrected chi connectivity index (χ4v) is 4.19. The first-order valence-electron chi connectivity index (χ1n) is 10.4. The lowest BCUT2D eigenvalue weighted by Gasteiger charge is -2.36. The van der Waals surface area contributed by atoms with Gasteiger partial charge in [0.2, 0.25) is 5.91 Å². The summed E-state index contributed by atoms with van der Waals surface area (Å²) in [6.45, 7) is 6.41. The molecule has 0 spiro atoms. The number of rotatable bonds is 6. The number of ether oxygens (including phenoxy) is 1.